The second-order valence-electron chi connectivity index (χ2n) is 7.99. The minimum Gasteiger partial charge on any atom is -0.0917 e. The van der Waals surface area contributed by atoms with Crippen LogP contribution >= 0.6 is 0 Å². The summed E-state index contributed by atoms with van der Waals surface area (Å²) in [6.07, 6.45) is 30.5. The van der Waals surface area contributed by atoms with Crippen LogP contribution < -0.4 is 0 Å². The second kappa shape index (κ2) is 20.8. The van der Waals surface area contributed by atoms with E-state index < -0.39 is 0 Å². The fourth-order valence-electron chi connectivity index (χ4n) is 3.56. The Morgan fingerprint density at radius 2 is 1.00 bits per heavy atom. The van der Waals surface area contributed by atoms with Crippen LogP contribution in [0.4, 0.5) is 0 Å². The van der Waals surface area contributed by atoms with Crippen LogP contribution in [0, 0.1) is 5.92 Å². The molecule has 0 nitrogen and oxygen atoms in total. The number of rotatable bonds is 19. The SMILES string of the molecule is CC=CCCCCCCCCCCCCCCCC(C)CCCC. The molecule has 0 aromatic rings. The zero-order chi connectivity index (χ0) is 17.7. The van der Waals surface area contributed by atoms with Gasteiger partial charge in [-0.2, -0.15) is 0 Å². The minimum absolute atomic E-state index is 0.966. The summed E-state index contributed by atoms with van der Waals surface area (Å²) in [5.74, 6) is 0.966. The maximum absolute atomic E-state index is 2.44. The van der Waals surface area contributed by atoms with E-state index in [1.807, 2.05) is 0 Å². The Morgan fingerprint density at radius 3 is 1.46 bits per heavy atom. The molecule has 0 fully saturated rings. The van der Waals surface area contributed by atoms with Crippen molar-refractivity contribution in [1.29, 1.82) is 0 Å². The van der Waals surface area contributed by atoms with Crippen molar-refractivity contribution in [2.75, 3.05) is 0 Å². The molecule has 1 atom stereocenters. The summed E-state index contributed by atoms with van der Waals surface area (Å²) in [6, 6.07) is 0. The number of hydrogen-bond donors (Lipinski definition) is 0. The molecule has 1 unspecified atom stereocenters. The van der Waals surface area contributed by atoms with E-state index in [2.05, 4.69) is 32.9 Å². The summed E-state index contributed by atoms with van der Waals surface area (Å²) >= 11 is 0. The van der Waals surface area contributed by atoms with Crippen molar-refractivity contribution in [3.63, 3.8) is 0 Å². The first kappa shape index (κ1) is 23.7. The van der Waals surface area contributed by atoms with Crippen LogP contribution in [-0.4, -0.2) is 0 Å². The van der Waals surface area contributed by atoms with E-state index in [1.54, 1.807) is 0 Å². The van der Waals surface area contributed by atoms with E-state index >= 15 is 0 Å². The molecule has 0 saturated heterocycles. The van der Waals surface area contributed by atoms with Gasteiger partial charge in [0.05, 0.1) is 0 Å². The third kappa shape index (κ3) is 19.8. The lowest BCUT2D eigenvalue weighted by atomic mass is 9.97. The molecule has 144 valence electrons. The first-order chi connectivity index (χ1) is 11.8. The van der Waals surface area contributed by atoms with E-state index in [-0.39, 0.29) is 0 Å². The van der Waals surface area contributed by atoms with Crippen LogP contribution in [0.5, 0.6) is 0 Å². The molecule has 0 aliphatic carbocycles. The van der Waals surface area contributed by atoms with Crippen molar-refractivity contribution in [2.24, 2.45) is 5.92 Å². The number of hydrogen-bond acceptors (Lipinski definition) is 0. The molecule has 0 heterocycles. The average Bonchev–Trinajstić information content (AvgIpc) is 2.59. The Labute approximate surface area is 154 Å². The third-order valence-electron chi connectivity index (χ3n) is 5.35. The van der Waals surface area contributed by atoms with Crippen LogP contribution in [0.3, 0.4) is 0 Å². The summed E-state index contributed by atoms with van der Waals surface area (Å²) in [5, 5.41) is 0. The molecule has 0 N–H and O–H groups in total. The molecule has 24 heavy (non-hydrogen) atoms. The lowest BCUT2D eigenvalue weighted by Gasteiger charge is -2.10. The largest absolute Gasteiger partial charge is 0.0917 e. The monoisotopic (exact) mass is 336 g/mol. The van der Waals surface area contributed by atoms with Crippen LogP contribution in [0.15, 0.2) is 12.2 Å². The zero-order valence-electron chi connectivity index (χ0n) is 17.5. The molecule has 0 heteroatoms. The van der Waals surface area contributed by atoms with Gasteiger partial charge in [0.1, 0.15) is 0 Å². The summed E-state index contributed by atoms with van der Waals surface area (Å²) < 4.78 is 0. The van der Waals surface area contributed by atoms with Gasteiger partial charge in [-0.15, -0.1) is 0 Å². The lowest BCUT2D eigenvalue weighted by molar-refractivity contribution is 0.440. The first-order valence-electron chi connectivity index (χ1n) is 11.4. The molecule has 0 radical (unpaired) electrons. The zero-order valence-corrected chi connectivity index (χ0v) is 17.5. The topological polar surface area (TPSA) is 0 Å². The Hall–Kier alpha value is -0.260. The van der Waals surface area contributed by atoms with Crippen LogP contribution in [0.25, 0.3) is 0 Å². The van der Waals surface area contributed by atoms with E-state index in [1.165, 1.54) is 116 Å². The van der Waals surface area contributed by atoms with Crippen LogP contribution in [0.1, 0.15) is 136 Å². The third-order valence-corrected chi connectivity index (χ3v) is 5.35. The lowest BCUT2D eigenvalue weighted by Crippen LogP contribution is -1.94. The normalized spacial score (nSPS) is 13.0. The van der Waals surface area contributed by atoms with Crippen molar-refractivity contribution in [2.45, 2.75) is 136 Å². The van der Waals surface area contributed by atoms with Gasteiger partial charge in [0.25, 0.3) is 0 Å². The molecule has 0 bridgehead atoms. The van der Waals surface area contributed by atoms with Gasteiger partial charge in [0.2, 0.25) is 0 Å². The molecule has 0 spiro atoms. The fourth-order valence-corrected chi connectivity index (χ4v) is 3.56. The smallest absolute Gasteiger partial charge is 0.0351 e. The Morgan fingerprint density at radius 1 is 0.583 bits per heavy atom. The second-order valence-corrected chi connectivity index (χ2v) is 7.99. The van der Waals surface area contributed by atoms with Gasteiger partial charge in [-0.05, 0) is 25.7 Å². The van der Waals surface area contributed by atoms with Crippen molar-refractivity contribution < 1.29 is 0 Å². The molecular weight excluding hydrogens is 288 g/mol. The van der Waals surface area contributed by atoms with Gasteiger partial charge in [0, 0.05) is 0 Å². The summed E-state index contributed by atoms with van der Waals surface area (Å²) in [6.45, 7) is 6.87. The highest BCUT2D eigenvalue weighted by Gasteiger charge is 2.01. The van der Waals surface area contributed by atoms with Crippen LogP contribution in [-0.2, 0) is 0 Å². The maximum Gasteiger partial charge on any atom is -0.0351 e. The summed E-state index contributed by atoms with van der Waals surface area (Å²) in [5.41, 5.74) is 0. The quantitative estimate of drug-likeness (QED) is 0.163. The fraction of sp³-hybridized carbons (Fsp3) is 0.917. The predicted octanol–water partition coefficient (Wildman–Crippen LogP) is 9.24. The van der Waals surface area contributed by atoms with E-state index in [9.17, 15) is 0 Å². The highest BCUT2D eigenvalue weighted by molar-refractivity contribution is 4.76. The standard InChI is InChI=1S/C24H48/c1-4-6-8-9-10-11-12-13-14-15-16-17-18-19-20-21-23-24(3)22-7-5-2/h4,6,24H,5,7-23H2,1-3H3. The highest BCUT2D eigenvalue weighted by Crippen LogP contribution is 2.17. The molecule has 0 aromatic heterocycles. The van der Waals surface area contributed by atoms with Gasteiger partial charge in [0.15, 0.2) is 0 Å². The number of unbranched alkanes of at least 4 members (excludes halogenated alkanes) is 14. The molecule has 0 rings (SSSR count). The molecule has 0 aliphatic heterocycles. The molecule has 0 aromatic carbocycles. The van der Waals surface area contributed by atoms with Crippen LogP contribution in [0.2, 0.25) is 0 Å². The first-order valence-corrected chi connectivity index (χ1v) is 11.4. The van der Waals surface area contributed by atoms with E-state index in [0.717, 1.165) is 5.92 Å². The molecule has 0 aliphatic rings. The Balaban J connectivity index is 3.05. The average molecular weight is 337 g/mol. The van der Waals surface area contributed by atoms with Gasteiger partial charge in [-0.25, -0.2) is 0 Å². The predicted molar refractivity (Wildman–Crippen MR) is 113 cm³/mol. The van der Waals surface area contributed by atoms with Crippen molar-refractivity contribution >= 4 is 0 Å². The van der Waals surface area contributed by atoms with Gasteiger partial charge in [-0.1, -0.05) is 129 Å². The highest BCUT2D eigenvalue weighted by atomic mass is 14.1. The molecular formula is C24H48. The van der Waals surface area contributed by atoms with Gasteiger partial charge < -0.3 is 0 Å². The van der Waals surface area contributed by atoms with E-state index in [0.29, 0.717) is 0 Å². The molecule has 0 saturated carbocycles. The Bertz CT molecular complexity index is 240. The molecule has 0 amide bonds. The number of allylic oxidation sites excluding steroid dienone is 2. The summed E-state index contributed by atoms with van der Waals surface area (Å²) in [4.78, 5) is 0. The van der Waals surface area contributed by atoms with Gasteiger partial charge in [-0.3, -0.25) is 0 Å². The minimum atomic E-state index is 0.966. The summed E-state index contributed by atoms with van der Waals surface area (Å²) in [7, 11) is 0. The Kier molecular flexibility index (Phi) is 20.6. The van der Waals surface area contributed by atoms with Crippen molar-refractivity contribution in [3.05, 3.63) is 12.2 Å². The van der Waals surface area contributed by atoms with Gasteiger partial charge >= 0.3 is 0 Å². The van der Waals surface area contributed by atoms with Crippen molar-refractivity contribution in [3.8, 4) is 0 Å². The van der Waals surface area contributed by atoms with Crippen molar-refractivity contribution in [1.82, 2.24) is 0 Å². The maximum atomic E-state index is 2.44. The van der Waals surface area contributed by atoms with E-state index in [4.69, 9.17) is 0 Å².